The first-order chi connectivity index (χ1) is 7.91. The van der Waals surface area contributed by atoms with E-state index in [1.807, 2.05) is 13.8 Å². The summed E-state index contributed by atoms with van der Waals surface area (Å²) in [7, 11) is 0. The van der Waals surface area contributed by atoms with Crippen molar-refractivity contribution >= 4 is 34.8 Å². The first kappa shape index (κ1) is 14.2. The van der Waals surface area contributed by atoms with Crippen molar-refractivity contribution in [1.29, 1.82) is 0 Å². The van der Waals surface area contributed by atoms with Crippen LogP contribution in [-0.2, 0) is 4.79 Å². The Bertz CT molecular complexity index is 439. The molecule has 0 amide bonds. The smallest absolute Gasteiger partial charge is 0.171 e. The summed E-state index contributed by atoms with van der Waals surface area (Å²) in [6.07, 6.45) is 0.294. The summed E-state index contributed by atoms with van der Waals surface area (Å²) in [5.41, 5.74) is 0.316. The van der Waals surface area contributed by atoms with Crippen LogP contribution in [0.25, 0.3) is 0 Å². The lowest BCUT2D eigenvalue weighted by atomic mass is 10.0. The molecule has 1 aromatic rings. The highest BCUT2D eigenvalue weighted by Gasteiger charge is 2.16. The molecule has 0 saturated heterocycles. The van der Waals surface area contributed by atoms with E-state index in [1.54, 1.807) is 18.2 Å². The molecule has 0 heterocycles. The molecule has 1 rings (SSSR count). The fourth-order valence-corrected chi connectivity index (χ4v) is 1.93. The molecule has 0 unspecified atom stereocenters. The Morgan fingerprint density at radius 2 is 1.88 bits per heavy atom. The summed E-state index contributed by atoms with van der Waals surface area (Å²) in [5.74, 6) is -0.0886. The average Bonchev–Trinajstić information content (AvgIpc) is 2.20. The molecule has 0 N–H and O–H groups in total. The fraction of sp³-hybridized carbons (Fsp3) is 0.385. The number of benzene rings is 1. The van der Waals surface area contributed by atoms with Crippen molar-refractivity contribution in [2.75, 3.05) is 0 Å². The van der Waals surface area contributed by atoms with Crippen molar-refractivity contribution in [3.63, 3.8) is 0 Å². The summed E-state index contributed by atoms with van der Waals surface area (Å²) in [6.45, 7) is 3.88. The molecular formula is C13H14Cl2O2. The topological polar surface area (TPSA) is 34.1 Å². The lowest BCUT2D eigenvalue weighted by Gasteiger charge is -2.06. The van der Waals surface area contributed by atoms with Gasteiger partial charge in [-0.05, 0) is 18.1 Å². The molecule has 0 aromatic heterocycles. The van der Waals surface area contributed by atoms with Crippen molar-refractivity contribution in [3.8, 4) is 0 Å². The van der Waals surface area contributed by atoms with Crippen molar-refractivity contribution in [3.05, 3.63) is 33.8 Å². The Hall–Kier alpha value is -0.860. The molecule has 0 atom stereocenters. The Labute approximate surface area is 111 Å². The predicted octanol–water partition coefficient (Wildman–Crippen LogP) is 4.18. The number of hydrogen-bond acceptors (Lipinski definition) is 2. The molecule has 1 aromatic carbocycles. The van der Waals surface area contributed by atoms with E-state index < -0.39 is 0 Å². The molecular weight excluding hydrogens is 259 g/mol. The largest absolute Gasteiger partial charge is 0.299 e. The summed E-state index contributed by atoms with van der Waals surface area (Å²) < 4.78 is 0. The van der Waals surface area contributed by atoms with E-state index in [1.165, 1.54) is 0 Å². The average molecular weight is 273 g/mol. The third kappa shape index (κ3) is 4.14. The van der Waals surface area contributed by atoms with E-state index in [-0.39, 0.29) is 28.9 Å². The van der Waals surface area contributed by atoms with Crippen molar-refractivity contribution in [2.45, 2.75) is 26.7 Å². The van der Waals surface area contributed by atoms with Crippen LogP contribution < -0.4 is 0 Å². The van der Waals surface area contributed by atoms with Crippen molar-refractivity contribution in [2.24, 2.45) is 5.92 Å². The molecule has 0 fully saturated rings. The monoisotopic (exact) mass is 272 g/mol. The molecule has 0 spiro atoms. The van der Waals surface area contributed by atoms with Crippen LogP contribution in [-0.4, -0.2) is 11.6 Å². The molecule has 4 heteroatoms. The number of Topliss-reactive ketones (excluding diaryl/α,β-unsaturated/α-hetero) is 2. The number of rotatable bonds is 5. The lowest BCUT2D eigenvalue weighted by molar-refractivity contribution is -0.118. The van der Waals surface area contributed by atoms with Gasteiger partial charge in [-0.2, -0.15) is 0 Å². The summed E-state index contributed by atoms with van der Waals surface area (Å²) in [6, 6.07) is 4.84. The molecule has 92 valence electrons. The Morgan fingerprint density at radius 3 is 2.47 bits per heavy atom. The minimum absolute atomic E-state index is 0.0685. The zero-order chi connectivity index (χ0) is 13.0. The number of hydrogen-bond donors (Lipinski definition) is 0. The molecule has 0 bridgehead atoms. The van der Waals surface area contributed by atoms with Gasteiger partial charge < -0.3 is 0 Å². The maximum absolute atomic E-state index is 11.8. The maximum atomic E-state index is 11.8. The lowest BCUT2D eigenvalue weighted by Crippen LogP contribution is -2.10. The third-order valence-electron chi connectivity index (χ3n) is 2.25. The zero-order valence-electron chi connectivity index (χ0n) is 9.80. The van der Waals surface area contributed by atoms with Crippen molar-refractivity contribution < 1.29 is 9.59 Å². The first-order valence-corrected chi connectivity index (χ1v) is 6.16. The molecule has 0 aliphatic heterocycles. The SMILES string of the molecule is CC(C)CC(=O)CC(=O)c1cccc(Cl)c1Cl. The van der Waals surface area contributed by atoms with Gasteiger partial charge in [-0.3, -0.25) is 9.59 Å². The van der Waals surface area contributed by atoms with Gasteiger partial charge in [-0.25, -0.2) is 0 Å². The fourth-order valence-electron chi connectivity index (χ4n) is 1.52. The molecule has 0 radical (unpaired) electrons. The van der Waals surface area contributed by atoms with Gasteiger partial charge in [0, 0.05) is 12.0 Å². The second-order valence-corrected chi connectivity index (χ2v) is 5.12. The van der Waals surface area contributed by atoms with Crippen LogP contribution in [0.2, 0.25) is 10.0 Å². The highest BCUT2D eigenvalue weighted by Crippen LogP contribution is 2.26. The zero-order valence-corrected chi connectivity index (χ0v) is 11.3. The highest BCUT2D eigenvalue weighted by molar-refractivity contribution is 6.44. The Kier molecular flexibility index (Phi) is 5.16. The van der Waals surface area contributed by atoms with Crippen molar-refractivity contribution in [1.82, 2.24) is 0 Å². The van der Waals surface area contributed by atoms with Gasteiger partial charge in [-0.1, -0.05) is 43.1 Å². The van der Waals surface area contributed by atoms with Crippen LogP contribution in [0.4, 0.5) is 0 Å². The van der Waals surface area contributed by atoms with Gasteiger partial charge in [0.15, 0.2) is 5.78 Å². The standard InChI is InChI=1S/C13H14Cl2O2/c1-8(2)6-9(16)7-12(17)10-4-3-5-11(14)13(10)15/h3-5,8H,6-7H2,1-2H3. The Morgan fingerprint density at radius 1 is 1.24 bits per heavy atom. The maximum Gasteiger partial charge on any atom is 0.171 e. The van der Waals surface area contributed by atoms with Crippen LogP contribution >= 0.6 is 23.2 Å². The van der Waals surface area contributed by atoms with E-state index in [4.69, 9.17) is 23.2 Å². The minimum atomic E-state index is -0.275. The van der Waals surface area contributed by atoms with Gasteiger partial charge in [0.25, 0.3) is 0 Å². The van der Waals surface area contributed by atoms with Gasteiger partial charge in [-0.15, -0.1) is 0 Å². The Balaban J connectivity index is 2.77. The molecule has 2 nitrogen and oxygen atoms in total. The molecule has 0 aliphatic rings. The third-order valence-corrected chi connectivity index (χ3v) is 3.06. The molecule has 0 aliphatic carbocycles. The van der Waals surface area contributed by atoms with Gasteiger partial charge in [0.05, 0.1) is 16.5 Å². The van der Waals surface area contributed by atoms with E-state index in [2.05, 4.69) is 0 Å². The summed E-state index contributed by atoms with van der Waals surface area (Å²) in [5, 5.41) is 0.547. The molecule has 17 heavy (non-hydrogen) atoms. The number of carbonyl (C=O) groups excluding carboxylic acids is 2. The van der Waals surface area contributed by atoms with Gasteiger partial charge >= 0.3 is 0 Å². The van der Waals surface area contributed by atoms with Crippen LogP contribution in [0.5, 0.6) is 0 Å². The van der Waals surface area contributed by atoms with Gasteiger partial charge in [0.1, 0.15) is 5.78 Å². The van der Waals surface area contributed by atoms with Gasteiger partial charge in [0.2, 0.25) is 0 Å². The van der Waals surface area contributed by atoms with Crippen LogP contribution in [0.1, 0.15) is 37.0 Å². The van der Waals surface area contributed by atoms with E-state index >= 15 is 0 Å². The highest BCUT2D eigenvalue weighted by atomic mass is 35.5. The van der Waals surface area contributed by atoms with E-state index in [9.17, 15) is 9.59 Å². The van der Waals surface area contributed by atoms with Crippen LogP contribution in [0.15, 0.2) is 18.2 Å². The first-order valence-electron chi connectivity index (χ1n) is 5.40. The molecule has 0 saturated carbocycles. The predicted molar refractivity (Wildman–Crippen MR) is 69.9 cm³/mol. The summed E-state index contributed by atoms with van der Waals surface area (Å²) >= 11 is 11.7. The normalized spacial score (nSPS) is 10.6. The second-order valence-electron chi connectivity index (χ2n) is 4.34. The van der Waals surface area contributed by atoms with Crippen LogP contribution in [0, 0.1) is 5.92 Å². The minimum Gasteiger partial charge on any atom is -0.299 e. The second kappa shape index (κ2) is 6.18. The van der Waals surface area contributed by atoms with Crippen LogP contribution in [0.3, 0.4) is 0 Å². The number of halogens is 2. The quantitative estimate of drug-likeness (QED) is 0.595. The van der Waals surface area contributed by atoms with E-state index in [0.29, 0.717) is 17.0 Å². The number of carbonyl (C=O) groups is 2. The number of ketones is 2. The van der Waals surface area contributed by atoms with E-state index in [0.717, 1.165) is 0 Å². The summed E-state index contributed by atoms with van der Waals surface area (Å²) in [4.78, 5) is 23.4.